The Morgan fingerprint density at radius 3 is 2.59 bits per heavy atom. The molecule has 1 N–H and O–H groups in total. The lowest BCUT2D eigenvalue weighted by Gasteiger charge is -2.34. The summed E-state index contributed by atoms with van der Waals surface area (Å²) >= 11 is 0. The minimum Gasteiger partial charge on any atom is -0.460 e. The van der Waals surface area contributed by atoms with Crippen molar-refractivity contribution in [1.82, 2.24) is 24.6 Å². The number of carbonyl (C=O) groups excluding carboxylic acids is 1. The van der Waals surface area contributed by atoms with E-state index in [2.05, 4.69) is 5.32 Å². The fourth-order valence-corrected chi connectivity index (χ4v) is 6.99. The van der Waals surface area contributed by atoms with Gasteiger partial charge in [-0.2, -0.15) is 0 Å². The van der Waals surface area contributed by atoms with Gasteiger partial charge in [0.1, 0.15) is 29.2 Å². The predicted octanol–water partition coefficient (Wildman–Crippen LogP) is 5.37. The van der Waals surface area contributed by atoms with Crippen LogP contribution in [0.5, 0.6) is 0 Å². The molecule has 2 aliphatic rings. The number of aromatic nitrogens is 3. The highest BCUT2D eigenvalue weighted by Gasteiger charge is 2.34. The van der Waals surface area contributed by atoms with Crippen LogP contribution in [0, 0.1) is 5.82 Å². The first-order valence-corrected chi connectivity index (χ1v) is 16.9. The third-order valence-electron chi connectivity index (χ3n) is 9.09. The zero-order chi connectivity index (χ0) is 32.1. The maximum atomic E-state index is 15.1. The molecule has 8 rings (SSSR count). The molecule has 236 valence electrons. The molecular weight excluding hydrogens is 614 g/mol. The van der Waals surface area contributed by atoms with E-state index in [1.165, 1.54) is 13.1 Å². The van der Waals surface area contributed by atoms with E-state index in [1.54, 1.807) is 37.5 Å². The third kappa shape index (κ3) is 4.51. The number of nitrogens with one attached hydrogen (secondary N) is 1. The summed E-state index contributed by atoms with van der Waals surface area (Å²) in [4.78, 5) is 24.7. The minimum absolute atomic E-state index is 0.127. The van der Waals surface area contributed by atoms with Gasteiger partial charge in [0, 0.05) is 60.9 Å². The maximum absolute atomic E-state index is 15.1. The Morgan fingerprint density at radius 1 is 1.11 bits per heavy atom. The molecule has 0 atom stereocenters. The molecule has 46 heavy (non-hydrogen) atoms. The summed E-state index contributed by atoms with van der Waals surface area (Å²) in [5, 5.41) is 4.35. The number of halogens is 2. The van der Waals surface area contributed by atoms with Crippen LogP contribution in [0.3, 0.4) is 0 Å². The maximum Gasteiger partial charge on any atom is 0.255 e. The van der Waals surface area contributed by atoms with Crippen molar-refractivity contribution in [2.45, 2.75) is 31.5 Å². The molecule has 0 spiro atoms. The predicted molar refractivity (Wildman–Crippen MR) is 172 cm³/mol. The molecule has 1 aliphatic carbocycles. The molecule has 2 fully saturated rings. The summed E-state index contributed by atoms with van der Waals surface area (Å²) in [5.41, 5.74) is 3.93. The summed E-state index contributed by atoms with van der Waals surface area (Å²) < 4.78 is 63.7. The number of hydrogen-bond donors (Lipinski definition) is 1. The van der Waals surface area contributed by atoms with Crippen LogP contribution in [0.15, 0.2) is 53.1 Å². The lowest BCUT2D eigenvalue weighted by molar-refractivity contribution is 0.0567. The Balaban J connectivity index is 1.39. The Morgan fingerprint density at radius 2 is 1.89 bits per heavy atom. The van der Waals surface area contributed by atoms with Gasteiger partial charge in [0.25, 0.3) is 5.91 Å². The summed E-state index contributed by atoms with van der Waals surface area (Å²) in [6, 6.07) is 11.8. The quantitative estimate of drug-likeness (QED) is 0.249. The van der Waals surface area contributed by atoms with Crippen molar-refractivity contribution in [3.05, 3.63) is 71.6 Å². The second-order valence-electron chi connectivity index (χ2n) is 12.2. The number of furan rings is 1. The molecule has 1 aliphatic heterocycles. The molecule has 6 aromatic rings. The SMILES string of the molecule is CNC(=O)c1c(C2CC2)oc2cc(N(C)S(C)(=O)=O)c(-c3cc4c(cn3)nc(CN3CC(F)C3)n3c5cccc(F)c5cc43)cc12. The monoisotopic (exact) mass is 644 g/mol. The van der Waals surface area contributed by atoms with E-state index >= 15 is 4.39 Å². The summed E-state index contributed by atoms with van der Waals surface area (Å²) in [6.07, 6.45) is 3.65. The average molecular weight is 645 g/mol. The van der Waals surface area contributed by atoms with Crippen LogP contribution >= 0.6 is 0 Å². The summed E-state index contributed by atoms with van der Waals surface area (Å²) in [5.74, 6) is 0.682. The van der Waals surface area contributed by atoms with Crippen LogP contribution in [-0.2, 0) is 16.6 Å². The van der Waals surface area contributed by atoms with E-state index in [0.717, 1.165) is 23.4 Å². The number of nitrogens with zero attached hydrogens (tertiary/aromatic N) is 5. The number of carbonyl (C=O) groups is 1. The molecule has 10 nitrogen and oxygen atoms in total. The Kier molecular flexibility index (Phi) is 6.39. The highest BCUT2D eigenvalue weighted by molar-refractivity contribution is 7.92. The van der Waals surface area contributed by atoms with Crippen LogP contribution in [0.25, 0.3) is 49.5 Å². The van der Waals surface area contributed by atoms with Crippen LogP contribution < -0.4 is 9.62 Å². The number of alkyl halides is 1. The largest absolute Gasteiger partial charge is 0.460 e. The van der Waals surface area contributed by atoms with E-state index in [9.17, 15) is 17.6 Å². The molecule has 1 saturated heterocycles. The van der Waals surface area contributed by atoms with Gasteiger partial charge in [0.2, 0.25) is 10.0 Å². The Bertz CT molecular complexity index is 2360. The third-order valence-corrected chi connectivity index (χ3v) is 10.3. The van der Waals surface area contributed by atoms with Crippen LogP contribution in [0.2, 0.25) is 0 Å². The van der Waals surface area contributed by atoms with Gasteiger partial charge in [-0.25, -0.2) is 22.2 Å². The number of likely N-dealkylation sites (tertiary alicyclic amines) is 1. The summed E-state index contributed by atoms with van der Waals surface area (Å²) in [6.45, 7) is 0.986. The Hall–Kier alpha value is -4.62. The second kappa shape index (κ2) is 10.2. The molecule has 2 aromatic carbocycles. The average Bonchev–Trinajstić information content (AvgIpc) is 3.68. The van der Waals surface area contributed by atoms with Gasteiger partial charge in [-0.15, -0.1) is 0 Å². The van der Waals surface area contributed by atoms with Crippen LogP contribution in [0.1, 0.15) is 40.7 Å². The first-order chi connectivity index (χ1) is 22.0. The smallest absolute Gasteiger partial charge is 0.255 e. The number of hydrogen-bond acceptors (Lipinski definition) is 7. The normalized spacial score (nSPS) is 16.1. The van der Waals surface area contributed by atoms with E-state index < -0.39 is 16.2 Å². The van der Waals surface area contributed by atoms with E-state index in [1.807, 2.05) is 21.4 Å². The molecule has 0 radical (unpaired) electrons. The van der Waals surface area contributed by atoms with Crippen molar-refractivity contribution in [3.63, 3.8) is 0 Å². The Labute approximate surface area is 262 Å². The number of benzene rings is 2. The van der Waals surface area contributed by atoms with Crippen LogP contribution in [0.4, 0.5) is 14.5 Å². The molecule has 0 unspecified atom stereocenters. The van der Waals surface area contributed by atoms with Crippen molar-refractivity contribution in [1.29, 1.82) is 0 Å². The standard InChI is InChI=1S/C33H30F2N6O4S/c1-36-33(42)31-22-9-20(27(39(2)46(3,43)44)12-29(22)45-32(31)17-7-8-17)24-10-21-25(13-37-24)38-30(16-40-14-18(34)15-40)41-26-6-4-5-23(35)19(26)11-28(21)41/h4-6,9-13,17-18H,7-8,14-16H2,1-3H3,(H,36,42). The van der Waals surface area contributed by atoms with Crippen molar-refractivity contribution in [2.24, 2.45) is 0 Å². The molecule has 1 amide bonds. The van der Waals surface area contributed by atoms with Gasteiger partial charge in [-0.05, 0) is 43.2 Å². The molecule has 0 bridgehead atoms. The molecule has 5 heterocycles. The number of sulfonamides is 1. The van der Waals surface area contributed by atoms with Crippen molar-refractivity contribution >= 4 is 59.9 Å². The van der Waals surface area contributed by atoms with E-state index in [0.29, 0.717) is 92.0 Å². The first-order valence-electron chi connectivity index (χ1n) is 15.0. The van der Waals surface area contributed by atoms with Gasteiger partial charge in [-0.1, -0.05) is 6.07 Å². The molecule has 1 saturated carbocycles. The van der Waals surface area contributed by atoms with Gasteiger partial charge in [0.05, 0.1) is 52.5 Å². The van der Waals surface area contributed by atoms with Crippen molar-refractivity contribution in [2.75, 3.05) is 37.7 Å². The lowest BCUT2D eigenvalue weighted by atomic mass is 10.0. The lowest BCUT2D eigenvalue weighted by Crippen LogP contribution is -2.47. The molecule has 13 heteroatoms. The number of fused-ring (bicyclic) bond motifs is 6. The first kappa shape index (κ1) is 28.8. The summed E-state index contributed by atoms with van der Waals surface area (Å²) in [7, 11) is -0.690. The van der Waals surface area contributed by atoms with E-state index in [4.69, 9.17) is 14.4 Å². The number of amides is 1. The van der Waals surface area contributed by atoms with Crippen molar-refractivity contribution in [3.8, 4) is 11.3 Å². The highest BCUT2D eigenvalue weighted by atomic mass is 32.2. The minimum atomic E-state index is -3.71. The zero-order valence-electron chi connectivity index (χ0n) is 25.3. The van der Waals surface area contributed by atoms with Gasteiger partial charge >= 0.3 is 0 Å². The van der Waals surface area contributed by atoms with Crippen molar-refractivity contribution < 1.29 is 26.4 Å². The number of anilines is 1. The van der Waals surface area contributed by atoms with E-state index in [-0.39, 0.29) is 17.6 Å². The zero-order valence-corrected chi connectivity index (χ0v) is 26.2. The van der Waals surface area contributed by atoms with Gasteiger partial charge in [0.15, 0.2) is 0 Å². The fourth-order valence-electron chi connectivity index (χ4n) is 6.48. The second-order valence-corrected chi connectivity index (χ2v) is 14.2. The molecular formula is C33H30F2N6O4S. The van der Waals surface area contributed by atoms with Gasteiger partial charge < -0.3 is 9.73 Å². The topological polar surface area (TPSA) is 113 Å². The molecule has 4 aromatic heterocycles. The fraction of sp³-hybridized carbons (Fsp3) is 0.303. The number of pyridine rings is 1. The van der Waals surface area contributed by atoms with Crippen LogP contribution in [-0.4, -0.2) is 73.2 Å². The highest BCUT2D eigenvalue weighted by Crippen LogP contribution is 2.47. The number of rotatable bonds is 7. The van der Waals surface area contributed by atoms with Gasteiger partial charge in [-0.3, -0.25) is 23.4 Å².